The summed E-state index contributed by atoms with van der Waals surface area (Å²) in [4.78, 5) is 17.2. The Bertz CT molecular complexity index is 980. The van der Waals surface area contributed by atoms with Crippen molar-refractivity contribution in [3.8, 4) is 0 Å². The van der Waals surface area contributed by atoms with Gasteiger partial charge in [0.2, 0.25) is 0 Å². The lowest BCUT2D eigenvalue weighted by Gasteiger charge is -2.04. The van der Waals surface area contributed by atoms with Crippen LogP contribution in [0.15, 0.2) is 29.1 Å². The zero-order chi connectivity index (χ0) is 19.4. The summed E-state index contributed by atoms with van der Waals surface area (Å²) in [5.41, 5.74) is 1.74. The summed E-state index contributed by atoms with van der Waals surface area (Å²) in [5, 5.41) is 14.1. The van der Waals surface area contributed by atoms with Crippen molar-refractivity contribution in [2.45, 2.75) is 25.7 Å². The van der Waals surface area contributed by atoms with Gasteiger partial charge in [0.15, 0.2) is 11.3 Å². The molecule has 0 aliphatic rings. The van der Waals surface area contributed by atoms with Gasteiger partial charge in [-0.1, -0.05) is 0 Å². The number of aromatic nitrogens is 6. The Hall–Kier alpha value is -2.96. The SMILES string of the molecule is O=C(NCc1cn2ncc(/C=N/S)cc2n1)c1cnn(CCC(F)(F)F)n1. The fraction of sp³-hybridized carbons (Fsp3) is 0.286. The van der Waals surface area contributed by atoms with Gasteiger partial charge in [0.25, 0.3) is 5.91 Å². The second-order valence-electron chi connectivity index (χ2n) is 5.44. The lowest BCUT2D eigenvalue weighted by Crippen LogP contribution is -2.23. The maximum absolute atomic E-state index is 12.2. The number of hydrogen-bond acceptors (Lipinski definition) is 7. The number of nitrogens with one attached hydrogen (secondary N) is 1. The Morgan fingerprint density at radius 2 is 2.15 bits per heavy atom. The van der Waals surface area contributed by atoms with E-state index < -0.39 is 25.0 Å². The van der Waals surface area contributed by atoms with E-state index in [9.17, 15) is 18.0 Å². The number of alkyl halides is 3. The number of rotatable bonds is 6. The summed E-state index contributed by atoms with van der Waals surface area (Å²) in [6, 6.07) is 1.74. The van der Waals surface area contributed by atoms with E-state index in [-0.39, 0.29) is 12.2 Å². The molecule has 0 aliphatic carbocycles. The van der Waals surface area contributed by atoms with Crippen molar-refractivity contribution < 1.29 is 18.0 Å². The molecule has 0 spiro atoms. The van der Waals surface area contributed by atoms with Gasteiger partial charge in [-0.3, -0.25) is 4.79 Å². The zero-order valence-corrected chi connectivity index (χ0v) is 14.5. The molecular weight excluding hydrogens is 385 g/mol. The van der Waals surface area contributed by atoms with Gasteiger partial charge in [0.05, 0.1) is 43.8 Å². The van der Waals surface area contributed by atoms with Gasteiger partial charge >= 0.3 is 6.18 Å². The number of aryl methyl sites for hydroxylation is 1. The number of carbonyl (C=O) groups excluding carboxylic acids is 1. The highest BCUT2D eigenvalue weighted by Gasteiger charge is 2.27. The van der Waals surface area contributed by atoms with Crippen LogP contribution in [0.25, 0.3) is 5.65 Å². The van der Waals surface area contributed by atoms with Crippen LogP contribution in [0.1, 0.15) is 28.2 Å². The average molecular weight is 398 g/mol. The lowest BCUT2D eigenvalue weighted by molar-refractivity contribution is -0.137. The molecule has 142 valence electrons. The first-order valence-electron chi connectivity index (χ1n) is 7.61. The highest BCUT2D eigenvalue weighted by Crippen LogP contribution is 2.19. The predicted octanol–water partition coefficient (Wildman–Crippen LogP) is 1.47. The van der Waals surface area contributed by atoms with E-state index >= 15 is 0 Å². The Kier molecular flexibility index (Phi) is 5.39. The Balaban J connectivity index is 1.60. The summed E-state index contributed by atoms with van der Waals surface area (Å²) in [6.07, 6.45) is 0.449. The van der Waals surface area contributed by atoms with E-state index in [4.69, 9.17) is 0 Å². The van der Waals surface area contributed by atoms with Crippen LogP contribution in [-0.2, 0) is 13.1 Å². The number of imidazole rings is 1. The molecule has 9 nitrogen and oxygen atoms in total. The fourth-order valence-electron chi connectivity index (χ4n) is 2.16. The highest BCUT2D eigenvalue weighted by molar-refractivity contribution is 7.79. The van der Waals surface area contributed by atoms with Gasteiger partial charge in [-0.05, 0) is 18.9 Å². The van der Waals surface area contributed by atoms with Crippen LogP contribution in [-0.4, -0.2) is 47.9 Å². The normalized spacial score (nSPS) is 12.1. The fourth-order valence-corrected chi connectivity index (χ4v) is 2.29. The summed E-state index contributed by atoms with van der Waals surface area (Å²) in [6.45, 7) is -0.361. The molecule has 0 saturated carbocycles. The summed E-state index contributed by atoms with van der Waals surface area (Å²) in [7, 11) is 0. The third-order valence-corrected chi connectivity index (χ3v) is 3.51. The van der Waals surface area contributed by atoms with Crippen LogP contribution in [0.4, 0.5) is 13.2 Å². The summed E-state index contributed by atoms with van der Waals surface area (Å²) in [5.74, 6) is -0.568. The predicted molar refractivity (Wildman–Crippen MR) is 91.4 cm³/mol. The standard InChI is InChI=1S/C14H13F3N8OS/c15-14(16,17)1-2-25-20-7-11(23-25)13(26)18-6-10-8-24-12(22-10)3-9(4-19-24)5-21-27/h3-5,7-8,27H,1-2,6H2,(H,18,26)/b21-5+. The van der Waals surface area contributed by atoms with Crippen LogP contribution < -0.4 is 5.32 Å². The second-order valence-corrected chi connectivity index (χ2v) is 5.67. The molecule has 0 saturated heterocycles. The maximum Gasteiger partial charge on any atom is 0.390 e. The number of amides is 1. The monoisotopic (exact) mass is 398 g/mol. The molecule has 1 amide bonds. The molecule has 3 aromatic rings. The smallest absolute Gasteiger partial charge is 0.345 e. The van der Waals surface area contributed by atoms with Gasteiger partial charge in [-0.2, -0.15) is 28.2 Å². The van der Waals surface area contributed by atoms with Gasteiger partial charge in [-0.25, -0.2) is 13.9 Å². The lowest BCUT2D eigenvalue weighted by atomic mass is 10.3. The highest BCUT2D eigenvalue weighted by atomic mass is 32.1. The molecule has 0 unspecified atom stereocenters. The zero-order valence-electron chi connectivity index (χ0n) is 13.6. The summed E-state index contributed by atoms with van der Waals surface area (Å²) < 4.78 is 41.7. The molecule has 0 aromatic carbocycles. The van der Waals surface area contributed by atoms with Crippen LogP contribution in [0.3, 0.4) is 0 Å². The molecule has 0 fully saturated rings. The number of halogens is 3. The van der Waals surface area contributed by atoms with Crippen molar-refractivity contribution in [2.24, 2.45) is 4.40 Å². The largest absolute Gasteiger partial charge is 0.390 e. The minimum absolute atomic E-state index is 0.0775. The first-order valence-corrected chi connectivity index (χ1v) is 8.01. The number of hydrogen-bond donors (Lipinski definition) is 2. The van der Waals surface area contributed by atoms with Crippen LogP contribution in [0, 0.1) is 0 Å². The number of thiol groups is 1. The number of carbonyl (C=O) groups is 1. The molecule has 0 bridgehead atoms. The molecule has 3 aromatic heterocycles. The molecular formula is C14H13F3N8OS. The molecule has 1 N–H and O–H groups in total. The van der Waals surface area contributed by atoms with Crippen LogP contribution in [0.2, 0.25) is 0 Å². The van der Waals surface area contributed by atoms with Gasteiger partial charge in [0, 0.05) is 11.8 Å². The molecule has 0 aliphatic heterocycles. The topological polar surface area (TPSA) is 102 Å². The molecule has 13 heteroatoms. The minimum atomic E-state index is -4.31. The first-order chi connectivity index (χ1) is 12.8. The molecule has 0 atom stereocenters. The third-order valence-electron chi connectivity index (χ3n) is 3.39. The van der Waals surface area contributed by atoms with Crippen LogP contribution >= 0.6 is 12.8 Å². The Morgan fingerprint density at radius 1 is 1.33 bits per heavy atom. The van der Waals surface area contributed by atoms with Crippen molar-refractivity contribution in [3.63, 3.8) is 0 Å². The molecule has 0 radical (unpaired) electrons. The number of fused-ring (bicyclic) bond motifs is 1. The minimum Gasteiger partial charge on any atom is -0.345 e. The van der Waals surface area contributed by atoms with Crippen LogP contribution in [0.5, 0.6) is 0 Å². The van der Waals surface area contributed by atoms with E-state index in [1.807, 2.05) is 0 Å². The van der Waals surface area contributed by atoms with Crippen molar-refractivity contribution in [3.05, 3.63) is 41.6 Å². The van der Waals surface area contributed by atoms with Gasteiger partial charge in [0.1, 0.15) is 0 Å². The van der Waals surface area contributed by atoms with Gasteiger partial charge in [-0.15, -0.1) is 5.10 Å². The molecule has 3 rings (SSSR count). The summed E-state index contributed by atoms with van der Waals surface area (Å²) >= 11 is 3.75. The first kappa shape index (κ1) is 18.8. The van der Waals surface area contributed by atoms with Crippen molar-refractivity contribution in [1.29, 1.82) is 0 Å². The third kappa shape index (κ3) is 5.03. The van der Waals surface area contributed by atoms with Gasteiger partial charge < -0.3 is 5.32 Å². The van der Waals surface area contributed by atoms with E-state index in [1.54, 1.807) is 18.5 Å². The van der Waals surface area contributed by atoms with Crippen molar-refractivity contribution >= 4 is 30.6 Å². The van der Waals surface area contributed by atoms with E-state index in [0.717, 1.165) is 11.0 Å². The van der Waals surface area contributed by atoms with Crippen molar-refractivity contribution in [1.82, 2.24) is 34.9 Å². The Labute approximate surface area is 155 Å². The molecule has 3 heterocycles. The number of nitrogens with zero attached hydrogens (tertiary/aromatic N) is 7. The van der Waals surface area contributed by atoms with Crippen molar-refractivity contribution in [2.75, 3.05) is 0 Å². The van der Waals surface area contributed by atoms with E-state index in [2.05, 4.69) is 42.8 Å². The maximum atomic E-state index is 12.2. The quantitative estimate of drug-likeness (QED) is 0.484. The van der Waals surface area contributed by atoms with E-state index in [1.165, 1.54) is 10.7 Å². The average Bonchev–Trinajstić information content (AvgIpc) is 3.24. The molecule has 27 heavy (non-hydrogen) atoms. The van der Waals surface area contributed by atoms with E-state index in [0.29, 0.717) is 16.9 Å². The second kappa shape index (κ2) is 7.73. The Morgan fingerprint density at radius 3 is 2.89 bits per heavy atom.